The Balaban J connectivity index is 0.000000171. The van der Waals surface area contributed by atoms with Gasteiger partial charge in [0.15, 0.2) is 0 Å². The quantitative estimate of drug-likeness (QED) is 0.272. The highest BCUT2D eigenvalue weighted by Gasteiger charge is 1.91. The van der Waals surface area contributed by atoms with Crippen LogP contribution in [0, 0.1) is 17.9 Å². The van der Waals surface area contributed by atoms with E-state index >= 15 is 0 Å². The van der Waals surface area contributed by atoms with E-state index < -0.39 is 0 Å². The molecular weight excluding hydrogens is 779 g/mol. The lowest BCUT2D eigenvalue weighted by molar-refractivity contribution is 1.55. The molecule has 0 spiro atoms. The van der Waals surface area contributed by atoms with E-state index in [0.29, 0.717) is 0 Å². The molecule has 0 heterocycles. The van der Waals surface area contributed by atoms with Crippen LogP contribution in [0.25, 0.3) is 0 Å². The Morgan fingerprint density at radius 1 is 0.412 bits per heavy atom. The Morgan fingerprint density at radius 3 is 0.882 bits per heavy atom. The number of rotatable bonds is 0. The molecule has 0 nitrogen and oxygen atoms in total. The highest BCUT2D eigenvalue weighted by Crippen LogP contribution is 2.15. The van der Waals surface area contributed by atoms with Crippen LogP contribution in [0.15, 0.2) is 42.5 Å². The minimum Gasteiger partial charge on any atom is -0.0478 e. The van der Waals surface area contributed by atoms with E-state index in [0.717, 1.165) is 0 Å². The van der Waals surface area contributed by atoms with E-state index in [9.17, 15) is 0 Å². The van der Waals surface area contributed by atoms with Gasteiger partial charge in [0.25, 0.3) is 0 Å². The molecule has 0 bridgehead atoms. The summed E-state index contributed by atoms with van der Waals surface area (Å²) in [6.45, 7) is 0. The van der Waals surface area contributed by atoms with Gasteiger partial charge in [-0.25, -0.2) is 0 Å². The monoisotopic (exact) mass is 786 g/mol. The summed E-state index contributed by atoms with van der Waals surface area (Å²) >= 11 is 11.6. The predicted molar refractivity (Wildman–Crippen MR) is 116 cm³/mol. The third kappa shape index (κ3) is 8.07. The Bertz CT molecular complexity index is 407. The van der Waals surface area contributed by atoms with E-state index in [1.807, 2.05) is 0 Å². The normalized spacial score (nSPS) is 9.47. The number of hydrogen-bond donors (Lipinski definition) is 0. The topological polar surface area (TPSA) is 0 Å². The van der Waals surface area contributed by atoms with Crippen LogP contribution in [0.5, 0.6) is 0 Å². The van der Waals surface area contributed by atoms with Gasteiger partial charge in [0.2, 0.25) is 0 Å². The minimum absolute atomic E-state index is 1.29. The Labute approximate surface area is 170 Å². The first-order valence-corrected chi connectivity index (χ1v) is 9.89. The highest BCUT2D eigenvalue weighted by atomic mass is 127. The molecule has 2 aromatic rings. The van der Waals surface area contributed by atoms with Crippen molar-refractivity contribution < 1.29 is 0 Å². The first kappa shape index (κ1) is 17.1. The fourth-order valence-corrected chi connectivity index (χ4v) is 5.47. The van der Waals surface area contributed by atoms with E-state index in [2.05, 4.69) is 155 Å². The lowest BCUT2D eigenvalue weighted by Gasteiger charge is -1.92. The third-order valence-electron chi connectivity index (χ3n) is 1.63. The fraction of sp³-hybridized carbons (Fsp3) is 0. The zero-order chi connectivity index (χ0) is 12.8. The van der Waals surface area contributed by atoms with Crippen LogP contribution in [0.1, 0.15) is 0 Å². The summed E-state index contributed by atoms with van der Waals surface area (Å²) < 4.78 is 6.52. The summed E-state index contributed by atoms with van der Waals surface area (Å²) in [6.07, 6.45) is 0. The van der Waals surface area contributed by atoms with Crippen molar-refractivity contribution in [1.82, 2.24) is 0 Å². The molecule has 0 atom stereocenters. The van der Waals surface area contributed by atoms with Crippen molar-refractivity contribution in [3.63, 3.8) is 0 Å². The predicted octanol–water partition coefficient (Wildman–Crippen LogP) is 6.40. The van der Waals surface area contributed by atoms with Crippen LogP contribution in [-0.4, -0.2) is 0 Å². The number of benzene rings is 2. The van der Waals surface area contributed by atoms with Gasteiger partial charge in [0.1, 0.15) is 0 Å². The lowest BCUT2D eigenvalue weighted by atomic mass is 10.4. The molecule has 0 aliphatic rings. The van der Waals surface area contributed by atoms with Gasteiger partial charge in [-0.3, -0.25) is 0 Å². The van der Waals surface area contributed by atoms with E-state index in [-0.39, 0.29) is 0 Å². The molecule has 0 N–H and O–H groups in total. The molecule has 0 saturated heterocycles. The molecule has 0 saturated carbocycles. The molecule has 0 fully saturated rings. The maximum absolute atomic E-state index is 2.32. The van der Waals surface area contributed by atoms with Gasteiger partial charge in [0.05, 0.1) is 0 Å². The molecular formula is C12H7I5. The van der Waals surface area contributed by atoms with Gasteiger partial charge in [0, 0.05) is 17.9 Å². The standard InChI is InChI=1S/C6H3I3.C6H4I2/c7-4-1-5(8)3-6(9)2-4;7-5-1-2-6(8)4-3-5/h1-3H;1-4H. The van der Waals surface area contributed by atoms with Gasteiger partial charge in [-0.1, -0.05) is 0 Å². The second kappa shape index (κ2) is 9.10. The molecule has 5 heteroatoms. The molecule has 17 heavy (non-hydrogen) atoms. The van der Waals surface area contributed by atoms with Crippen molar-refractivity contribution in [3.05, 3.63) is 60.3 Å². The maximum atomic E-state index is 2.32. The third-order valence-corrected chi connectivity index (χ3v) is 4.94. The summed E-state index contributed by atoms with van der Waals surface area (Å²) in [7, 11) is 0. The molecule has 90 valence electrons. The summed E-state index contributed by atoms with van der Waals surface area (Å²) in [6, 6.07) is 14.9. The highest BCUT2D eigenvalue weighted by molar-refractivity contribution is 14.1. The molecule has 2 rings (SSSR count). The molecule has 0 aliphatic heterocycles. The molecule has 0 radical (unpaired) electrons. The molecule has 2 aromatic carbocycles. The zero-order valence-electron chi connectivity index (χ0n) is 8.43. The lowest BCUT2D eigenvalue weighted by Crippen LogP contribution is -1.76. The summed E-state index contributed by atoms with van der Waals surface area (Å²) in [5, 5.41) is 0. The van der Waals surface area contributed by atoms with Crippen LogP contribution in [0.4, 0.5) is 0 Å². The molecule has 0 amide bonds. The zero-order valence-corrected chi connectivity index (χ0v) is 19.2. The van der Waals surface area contributed by atoms with Gasteiger partial charge >= 0.3 is 0 Å². The molecule has 0 aliphatic carbocycles. The van der Waals surface area contributed by atoms with E-state index in [1.54, 1.807) is 0 Å². The van der Waals surface area contributed by atoms with Crippen molar-refractivity contribution in [2.24, 2.45) is 0 Å². The van der Waals surface area contributed by atoms with E-state index in [1.165, 1.54) is 17.9 Å². The van der Waals surface area contributed by atoms with Crippen molar-refractivity contribution in [2.45, 2.75) is 0 Å². The Hall–Kier alpha value is 2.09. The van der Waals surface area contributed by atoms with Gasteiger partial charge in [-0.2, -0.15) is 0 Å². The van der Waals surface area contributed by atoms with Crippen molar-refractivity contribution in [3.8, 4) is 0 Å². The Kier molecular flexibility index (Phi) is 9.18. The first-order chi connectivity index (χ1) is 7.97. The fourth-order valence-electron chi connectivity index (χ4n) is 0.950. The van der Waals surface area contributed by atoms with E-state index in [4.69, 9.17) is 0 Å². The second-order valence-electron chi connectivity index (χ2n) is 3.02. The number of halogens is 5. The van der Waals surface area contributed by atoms with Gasteiger partial charge in [-0.15, -0.1) is 0 Å². The van der Waals surface area contributed by atoms with Crippen LogP contribution >= 0.6 is 113 Å². The van der Waals surface area contributed by atoms with Crippen LogP contribution in [-0.2, 0) is 0 Å². The summed E-state index contributed by atoms with van der Waals surface area (Å²) in [4.78, 5) is 0. The number of hydrogen-bond acceptors (Lipinski definition) is 0. The van der Waals surface area contributed by atoms with Crippen LogP contribution in [0.3, 0.4) is 0 Å². The Morgan fingerprint density at radius 2 is 0.647 bits per heavy atom. The molecule has 0 aromatic heterocycles. The minimum atomic E-state index is 1.29. The van der Waals surface area contributed by atoms with Crippen LogP contribution < -0.4 is 0 Å². The van der Waals surface area contributed by atoms with Crippen LogP contribution in [0.2, 0.25) is 0 Å². The average molecular weight is 786 g/mol. The average Bonchev–Trinajstić information content (AvgIpc) is 2.21. The smallest absolute Gasteiger partial charge is 0.0151 e. The largest absolute Gasteiger partial charge is 0.0478 e. The van der Waals surface area contributed by atoms with Gasteiger partial charge in [-0.05, 0) is 155 Å². The SMILES string of the molecule is Ic1cc(I)cc(I)c1.Ic1ccc(I)cc1. The second-order valence-corrected chi connectivity index (χ2v) is 9.25. The van der Waals surface area contributed by atoms with Crippen molar-refractivity contribution in [2.75, 3.05) is 0 Å². The summed E-state index contributed by atoms with van der Waals surface area (Å²) in [5.74, 6) is 0. The first-order valence-electron chi connectivity index (χ1n) is 4.50. The molecule has 0 unspecified atom stereocenters. The maximum Gasteiger partial charge on any atom is 0.0151 e. The van der Waals surface area contributed by atoms with Crippen molar-refractivity contribution >= 4 is 113 Å². The van der Waals surface area contributed by atoms with Crippen molar-refractivity contribution in [1.29, 1.82) is 0 Å². The van der Waals surface area contributed by atoms with Gasteiger partial charge < -0.3 is 0 Å². The summed E-state index contributed by atoms with van der Waals surface area (Å²) in [5.41, 5.74) is 0.